The third-order valence-electron chi connectivity index (χ3n) is 4.61. The Labute approximate surface area is 136 Å². The van der Waals surface area contributed by atoms with Crippen LogP contribution in [-0.2, 0) is 6.42 Å². The molecule has 3 heteroatoms. The molecule has 23 heavy (non-hydrogen) atoms. The summed E-state index contributed by atoms with van der Waals surface area (Å²) in [6, 6.07) is 15.3. The van der Waals surface area contributed by atoms with Gasteiger partial charge in [0.2, 0.25) is 0 Å². The molecular formula is C20H22N2O. The molecule has 1 unspecified atom stereocenters. The van der Waals surface area contributed by atoms with Gasteiger partial charge >= 0.3 is 0 Å². The highest BCUT2D eigenvalue weighted by molar-refractivity contribution is 5.86. The van der Waals surface area contributed by atoms with Crippen molar-refractivity contribution in [2.45, 2.75) is 26.3 Å². The first-order valence-corrected chi connectivity index (χ1v) is 8.33. The molecule has 0 spiro atoms. The first-order chi connectivity index (χ1) is 11.3. The van der Waals surface area contributed by atoms with E-state index in [1.807, 2.05) is 13.0 Å². The lowest BCUT2D eigenvalue weighted by Gasteiger charge is -2.25. The van der Waals surface area contributed by atoms with Crippen molar-refractivity contribution in [3.05, 3.63) is 64.8 Å². The maximum atomic E-state index is 5.66. The summed E-state index contributed by atoms with van der Waals surface area (Å²) in [6.45, 7) is 5.86. The monoisotopic (exact) mass is 306 g/mol. The highest BCUT2D eigenvalue weighted by Gasteiger charge is 2.25. The first kappa shape index (κ1) is 14.3. The second-order valence-electron chi connectivity index (χ2n) is 6.21. The van der Waals surface area contributed by atoms with E-state index in [-0.39, 0.29) is 6.04 Å². The first-order valence-electron chi connectivity index (χ1n) is 8.33. The van der Waals surface area contributed by atoms with Crippen molar-refractivity contribution in [2.24, 2.45) is 0 Å². The van der Waals surface area contributed by atoms with Crippen molar-refractivity contribution in [3.63, 3.8) is 0 Å². The SMILES string of the molecule is CCOc1cccc(C2NCCc3c2[nH]c2ccc(C)cc32)c1. The molecule has 0 fully saturated rings. The molecule has 1 aliphatic heterocycles. The van der Waals surface area contributed by atoms with Gasteiger partial charge in [-0.25, -0.2) is 0 Å². The van der Waals surface area contributed by atoms with E-state index in [1.165, 1.54) is 33.3 Å². The fraction of sp³-hybridized carbons (Fsp3) is 0.300. The van der Waals surface area contributed by atoms with Crippen LogP contribution >= 0.6 is 0 Å². The Morgan fingerprint density at radius 2 is 2.09 bits per heavy atom. The number of hydrogen-bond acceptors (Lipinski definition) is 2. The molecule has 118 valence electrons. The van der Waals surface area contributed by atoms with E-state index in [1.54, 1.807) is 0 Å². The number of benzene rings is 2. The Bertz CT molecular complexity index is 850. The van der Waals surface area contributed by atoms with Gasteiger partial charge in [0.15, 0.2) is 0 Å². The zero-order valence-corrected chi connectivity index (χ0v) is 13.6. The summed E-state index contributed by atoms with van der Waals surface area (Å²) in [5, 5.41) is 5.02. The van der Waals surface area contributed by atoms with Crippen LogP contribution in [0.15, 0.2) is 42.5 Å². The van der Waals surface area contributed by atoms with Crippen LogP contribution in [0.3, 0.4) is 0 Å². The summed E-state index contributed by atoms with van der Waals surface area (Å²) in [5.41, 5.74) is 6.54. The summed E-state index contributed by atoms with van der Waals surface area (Å²) in [7, 11) is 0. The lowest BCUT2D eigenvalue weighted by Crippen LogP contribution is -2.30. The van der Waals surface area contributed by atoms with Crippen LogP contribution in [0, 0.1) is 6.92 Å². The quantitative estimate of drug-likeness (QED) is 0.764. The second-order valence-corrected chi connectivity index (χ2v) is 6.21. The number of H-pyrrole nitrogens is 1. The van der Waals surface area contributed by atoms with E-state index in [0.717, 1.165) is 18.7 Å². The average molecular weight is 306 g/mol. The molecule has 1 aromatic heterocycles. The molecule has 0 amide bonds. The van der Waals surface area contributed by atoms with Crippen LogP contribution in [0.5, 0.6) is 5.75 Å². The van der Waals surface area contributed by atoms with E-state index in [9.17, 15) is 0 Å². The molecule has 2 aromatic carbocycles. The van der Waals surface area contributed by atoms with Crippen LogP contribution in [0.2, 0.25) is 0 Å². The Balaban J connectivity index is 1.81. The molecule has 1 aliphatic rings. The maximum Gasteiger partial charge on any atom is 0.119 e. The number of rotatable bonds is 3. The molecule has 0 radical (unpaired) electrons. The zero-order valence-electron chi connectivity index (χ0n) is 13.6. The van der Waals surface area contributed by atoms with Crippen molar-refractivity contribution in [2.75, 3.05) is 13.2 Å². The Morgan fingerprint density at radius 1 is 1.17 bits per heavy atom. The Morgan fingerprint density at radius 3 is 2.96 bits per heavy atom. The molecule has 0 saturated heterocycles. The second kappa shape index (κ2) is 5.74. The number of aromatic amines is 1. The number of aryl methyl sites for hydroxylation is 1. The Hall–Kier alpha value is -2.26. The van der Waals surface area contributed by atoms with Gasteiger partial charge in [0.05, 0.1) is 12.6 Å². The minimum Gasteiger partial charge on any atom is -0.494 e. The summed E-state index contributed by atoms with van der Waals surface area (Å²) >= 11 is 0. The third-order valence-corrected chi connectivity index (χ3v) is 4.61. The van der Waals surface area contributed by atoms with E-state index < -0.39 is 0 Å². The van der Waals surface area contributed by atoms with E-state index in [2.05, 4.69) is 53.6 Å². The van der Waals surface area contributed by atoms with Crippen LogP contribution in [-0.4, -0.2) is 18.1 Å². The molecule has 1 atom stereocenters. The average Bonchev–Trinajstić information content (AvgIpc) is 2.93. The van der Waals surface area contributed by atoms with E-state index in [4.69, 9.17) is 4.74 Å². The van der Waals surface area contributed by atoms with Gasteiger partial charge in [-0.05, 0) is 55.7 Å². The van der Waals surface area contributed by atoms with Gasteiger partial charge in [0.1, 0.15) is 5.75 Å². The highest BCUT2D eigenvalue weighted by Crippen LogP contribution is 2.34. The van der Waals surface area contributed by atoms with Crippen molar-refractivity contribution in [1.82, 2.24) is 10.3 Å². The number of aromatic nitrogens is 1. The third kappa shape index (κ3) is 2.51. The van der Waals surface area contributed by atoms with Crippen molar-refractivity contribution >= 4 is 10.9 Å². The molecular weight excluding hydrogens is 284 g/mol. The lowest BCUT2D eigenvalue weighted by molar-refractivity contribution is 0.339. The summed E-state index contributed by atoms with van der Waals surface area (Å²) < 4.78 is 5.66. The van der Waals surface area contributed by atoms with Gasteiger partial charge < -0.3 is 15.0 Å². The van der Waals surface area contributed by atoms with Gasteiger partial charge in [0, 0.05) is 23.1 Å². The normalized spacial score (nSPS) is 17.2. The minimum absolute atomic E-state index is 0.201. The molecule has 4 rings (SSSR count). The largest absolute Gasteiger partial charge is 0.494 e. The molecule has 2 heterocycles. The van der Waals surface area contributed by atoms with Gasteiger partial charge in [0.25, 0.3) is 0 Å². The molecule has 0 aliphatic carbocycles. The summed E-state index contributed by atoms with van der Waals surface area (Å²) in [4.78, 5) is 3.64. The summed E-state index contributed by atoms with van der Waals surface area (Å²) in [5.74, 6) is 0.936. The van der Waals surface area contributed by atoms with Crippen LogP contribution in [0.4, 0.5) is 0 Å². The standard InChI is InChI=1S/C20H22N2O/c1-3-23-15-6-4-5-14(12-15)19-20-16(9-10-21-19)17-11-13(2)7-8-18(17)22-20/h4-8,11-12,19,21-22H,3,9-10H2,1-2H3. The van der Waals surface area contributed by atoms with Crippen LogP contribution in [0.25, 0.3) is 10.9 Å². The smallest absolute Gasteiger partial charge is 0.119 e. The molecule has 0 bridgehead atoms. The molecule has 3 nitrogen and oxygen atoms in total. The highest BCUT2D eigenvalue weighted by atomic mass is 16.5. The molecule has 3 aromatic rings. The fourth-order valence-electron chi connectivity index (χ4n) is 3.58. The van der Waals surface area contributed by atoms with Crippen molar-refractivity contribution < 1.29 is 4.74 Å². The number of hydrogen-bond donors (Lipinski definition) is 2. The Kier molecular flexibility index (Phi) is 3.58. The fourth-order valence-corrected chi connectivity index (χ4v) is 3.58. The number of ether oxygens (including phenoxy) is 1. The molecule has 0 saturated carbocycles. The number of nitrogens with one attached hydrogen (secondary N) is 2. The van der Waals surface area contributed by atoms with Gasteiger partial charge in [-0.1, -0.05) is 23.8 Å². The van der Waals surface area contributed by atoms with Gasteiger partial charge in [-0.15, -0.1) is 0 Å². The lowest BCUT2D eigenvalue weighted by atomic mass is 9.94. The van der Waals surface area contributed by atoms with Crippen LogP contribution in [0.1, 0.15) is 35.3 Å². The van der Waals surface area contributed by atoms with Gasteiger partial charge in [-0.2, -0.15) is 0 Å². The van der Waals surface area contributed by atoms with Crippen molar-refractivity contribution in [3.8, 4) is 5.75 Å². The van der Waals surface area contributed by atoms with E-state index in [0.29, 0.717) is 6.61 Å². The predicted octanol–water partition coefficient (Wildman–Crippen LogP) is 4.11. The van der Waals surface area contributed by atoms with Crippen LogP contribution < -0.4 is 10.1 Å². The van der Waals surface area contributed by atoms with Crippen molar-refractivity contribution in [1.29, 1.82) is 0 Å². The zero-order chi connectivity index (χ0) is 15.8. The van der Waals surface area contributed by atoms with E-state index >= 15 is 0 Å². The molecule has 2 N–H and O–H groups in total. The topological polar surface area (TPSA) is 37.0 Å². The summed E-state index contributed by atoms with van der Waals surface area (Å²) in [6.07, 6.45) is 1.07. The minimum atomic E-state index is 0.201. The maximum absolute atomic E-state index is 5.66. The predicted molar refractivity (Wildman–Crippen MR) is 94.2 cm³/mol. The van der Waals surface area contributed by atoms with Gasteiger partial charge in [-0.3, -0.25) is 0 Å². The number of fused-ring (bicyclic) bond motifs is 3.